The van der Waals surface area contributed by atoms with Gasteiger partial charge in [0, 0.05) is 43.0 Å². The molecule has 1 amide bonds. The normalized spacial score (nSPS) is 15.0. The van der Waals surface area contributed by atoms with Gasteiger partial charge in [0.2, 0.25) is 11.9 Å². The highest BCUT2D eigenvalue weighted by Gasteiger charge is 2.23. The number of anilines is 3. The van der Waals surface area contributed by atoms with Crippen LogP contribution in [0.25, 0.3) is 0 Å². The molecule has 0 atom stereocenters. The molecule has 7 heteroatoms. The maximum absolute atomic E-state index is 12.4. The first kappa shape index (κ1) is 21.0. The first-order valence-corrected chi connectivity index (χ1v) is 10.3. The minimum atomic E-state index is 0.149. The molecule has 0 saturated carbocycles. The first-order chi connectivity index (χ1) is 13.9. The zero-order valence-electron chi connectivity index (χ0n) is 18.0. The number of hydrogen-bond donors (Lipinski definition) is 2. The molecular formula is C22H32N6O. The fraction of sp³-hybridized carbons (Fsp3) is 0.500. The van der Waals surface area contributed by atoms with E-state index in [1.807, 2.05) is 24.9 Å². The predicted molar refractivity (Wildman–Crippen MR) is 118 cm³/mol. The number of rotatable bonds is 7. The van der Waals surface area contributed by atoms with Crippen LogP contribution in [-0.2, 0) is 11.2 Å². The van der Waals surface area contributed by atoms with Crippen molar-refractivity contribution in [2.24, 2.45) is 0 Å². The summed E-state index contributed by atoms with van der Waals surface area (Å²) in [5, 5.41) is 3.42. The Labute approximate surface area is 173 Å². The number of nitrogens with one attached hydrogen (secondary N) is 1. The Balaban J connectivity index is 1.83. The average Bonchev–Trinajstić information content (AvgIpc) is 2.66. The number of carbonyl (C=O) groups excluding carboxylic acids is 1. The molecule has 29 heavy (non-hydrogen) atoms. The van der Waals surface area contributed by atoms with Crippen LogP contribution in [0.2, 0.25) is 0 Å². The predicted octanol–water partition coefficient (Wildman–Crippen LogP) is 2.76. The van der Waals surface area contributed by atoms with E-state index in [4.69, 9.17) is 5.73 Å². The highest BCUT2D eigenvalue weighted by atomic mass is 16.2. The van der Waals surface area contributed by atoms with Gasteiger partial charge in [-0.1, -0.05) is 19.4 Å². The molecule has 1 saturated heterocycles. The Morgan fingerprint density at radius 2 is 2.00 bits per heavy atom. The molecule has 0 bridgehead atoms. The fourth-order valence-electron chi connectivity index (χ4n) is 3.66. The highest BCUT2D eigenvalue weighted by Crippen LogP contribution is 2.26. The number of nitrogens with zero attached hydrogens (tertiary/aromatic N) is 4. The van der Waals surface area contributed by atoms with Crippen molar-refractivity contribution in [3.8, 4) is 0 Å². The smallest absolute Gasteiger partial charge is 0.241 e. The van der Waals surface area contributed by atoms with Gasteiger partial charge >= 0.3 is 0 Å². The van der Waals surface area contributed by atoms with Crippen LogP contribution in [0.3, 0.4) is 0 Å². The Hall–Kier alpha value is -2.67. The van der Waals surface area contributed by atoms with Crippen LogP contribution in [0.15, 0.2) is 18.2 Å². The molecule has 0 aliphatic carbocycles. The Bertz CT molecular complexity index is 882. The van der Waals surface area contributed by atoms with E-state index < -0.39 is 0 Å². The van der Waals surface area contributed by atoms with Crippen LogP contribution in [0.4, 0.5) is 17.5 Å². The van der Waals surface area contributed by atoms with Gasteiger partial charge in [-0.25, -0.2) is 4.98 Å². The molecule has 1 aliphatic heterocycles. The van der Waals surface area contributed by atoms with E-state index in [1.165, 1.54) is 5.56 Å². The van der Waals surface area contributed by atoms with Gasteiger partial charge in [-0.15, -0.1) is 0 Å². The van der Waals surface area contributed by atoms with Crippen LogP contribution in [0.5, 0.6) is 0 Å². The third-order valence-electron chi connectivity index (χ3n) is 5.47. The van der Waals surface area contributed by atoms with Crippen molar-refractivity contribution in [1.82, 2.24) is 14.9 Å². The van der Waals surface area contributed by atoms with Crippen molar-refractivity contribution < 1.29 is 4.79 Å². The highest BCUT2D eigenvalue weighted by molar-refractivity contribution is 5.95. The minimum Gasteiger partial charge on any atom is -0.370 e. The van der Waals surface area contributed by atoms with E-state index in [0.29, 0.717) is 12.5 Å². The van der Waals surface area contributed by atoms with Crippen LogP contribution in [-0.4, -0.2) is 54.0 Å². The summed E-state index contributed by atoms with van der Waals surface area (Å²) >= 11 is 0. The van der Waals surface area contributed by atoms with Crippen molar-refractivity contribution >= 4 is 23.4 Å². The van der Waals surface area contributed by atoms with Gasteiger partial charge in [0.05, 0.1) is 6.54 Å². The summed E-state index contributed by atoms with van der Waals surface area (Å²) in [6.07, 6.45) is 2.92. The molecule has 0 radical (unpaired) electrons. The number of unbranched alkanes of at least 4 members (excludes halogenated alkanes) is 1. The summed E-state index contributed by atoms with van der Waals surface area (Å²) in [7, 11) is 1.98. The summed E-state index contributed by atoms with van der Waals surface area (Å²) in [5.41, 5.74) is 11.2. The molecule has 0 unspecified atom stereocenters. The number of hydrogen-bond acceptors (Lipinski definition) is 6. The van der Waals surface area contributed by atoms with Gasteiger partial charge in [-0.2, -0.15) is 4.98 Å². The summed E-state index contributed by atoms with van der Waals surface area (Å²) in [6.45, 7) is 9.18. The Kier molecular flexibility index (Phi) is 6.69. The number of aryl methyl sites for hydroxylation is 2. The molecule has 3 N–H and O–H groups in total. The van der Waals surface area contributed by atoms with Gasteiger partial charge in [-0.3, -0.25) is 9.69 Å². The molecule has 7 nitrogen and oxygen atoms in total. The van der Waals surface area contributed by atoms with Crippen molar-refractivity contribution in [3.63, 3.8) is 0 Å². The van der Waals surface area contributed by atoms with Crippen LogP contribution in [0.1, 0.15) is 42.1 Å². The summed E-state index contributed by atoms with van der Waals surface area (Å²) in [6, 6.07) is 6.27. The van der Waals surface area contributed by atoms with Crippen LogP contribution < -0.4 is 16.0 Å². The van der Waals surface area contributed by atoms with E-state index in [1.54, 1.807) is 0 Å². The van der Waals surface area contributed by atoms with Gasteiger partial charge in [0.15, 0.2) is 0 Å². The van der Waals surface area contributed by atoms with Crippen molar-refractivity contribution in [2.75, 3.05) is 49.2 Å². The van der Waals surface area contributed by atoms with Gasteiger partial charge in [0.1, 0.15) is 5.82 Å². The molecule has 1 aromatic carbocycles. The summed E-state index contributed by atoms with van der Waals surface area (Å²) < 4.78 is 0. The van der Waals surface area contributed by atoms with Crippen LogP contribution >= 0.6 is 0 Å². The molecule has 2 heterocycles. The number of benzene rings is 1. The standard InChI is InChI=1S/C22H32N6O/c1-5-6-9-24-21-19(16(3)25-22(23)26-21)13-17-7-8-18(12-15(17)2)28-11-10-27(4)14-20(28)29/h7-8,12H,5-6,9-11,13-14H2,1-4H3,(H3,23,24,25,26). The number of aromatic nitrogens is 2. The average molecular weight is 397 g/mol. The molecule has 156 valence electrons. The number of nitrogen functional groups attached to an aromatic ring is 1. The first-order valence-electron chi connectivity index (χ1n) is 10.3. The maximum Gasteiger partial charge on any atom is 0.241 e. The van der Waals surface area contributed by atoms with Crippen molar-refractivity contribution in [2.45, 2.75) is 40.0 Å². The zero-order valence-corrected chi connectivity index (χ0v) is 18.0. The van der Waals surface area contributed by atoms with Gasteiger partial charge in [-0.05, 0) is 50.6 Å². The Morgan fingerprint density at radius 3 is 2.69 bits per heavy atom. The van der Waals surface area contributed by atoms with E-state index in [-0.39, 0.29) is 5.91 Å². The van der Waals surface area contributed by atoms with E-state index in [0.717, 1.165) is 67.2 Å². The number of nitrogens with two attached hydrogens (primary N) is 1. The SMILES string of the molecule is CCCCNc1nc(N)nc(C)c1Cc1ccc(N2CCN(C)CC2=O)cc1C. The van der Waals surface area contributed by atoms with E-state index in [9.17, 15) is 4.79 Å². The molecule has 3 rings (SSSR count). The molecule has 0 spiro atoms. The van der Waals surface area contributed by atoms with Crippen LogP contribution in [0, 0.1) is 13.8 Å². The van der Waals surface area contributed by atoms with Crippen molar-refractivity contribution in [3.05, 3.63) is 40.6 Å². The zero-order chi connectivity index (χ0) is 21.0. The lowest BCUT2D eigenvalue weighted by atomic mass is 9.99. The second-order valence-corrected chi connectivity index (χ2v) is 7.85. The largest absolute Gasteiger partial charge is 0.370 e. The van der Waals surface area contributed by atoms with Crippen molar-refractivity contribution in [1.29, 1.82) is 0 Å². The van der Waals surface area contributed by atoms with E-state index in [2.05, 4.69) is 46.2 Å². The molecular weight excluding hydrogens is 364 g/mol. The Morgan fingerprint density at radius 1 is 1.21 bits per heavy atom. The molecule has 1 fully saturated rings. The molecule has 1 aromatic heterocycles. The topological polar surface area (TPSA) is 87.4 Å². The number of amides is 1. The lowest BCUT2D eigenvalue weighted by Crippen LogP contribution is -2.48. The second kappa shape index (κ2) is 9.22. The monoisotopic (exact) mass is 396 g/mol. The third kappa shape index (κ3) is 5.03. The number of likely N-dealkylation sites (N-methyl/N-ethyl adjacent to an activating group) is 1. The minimum absolute atomic E-state index is 0.149. The van der Waals surface area contributed by atoms with Gasteiger partial charge < -0.3 is 16.0 Å². The quantitative estimate of drug-likeness (QED) is 0.700. The third-order valence-corrected chi connectivity index (χ3v) is 5.47. The van der Waals surface area contributed by atoms with E-state index >= 15 is 0 Å². The fourth-order valence-corrected chi connectivity index (χ4v) is 3.66. The number of carbonyl (C=O) groups is 1. The molecule has 2 aromatic rings. The lowest BCUT2D eigenvalue weighted by Gasteiger charge is -2.32. The second-order valence-electron chi connectivity index (χ2n) is 7.85. The maximum atomic E-state index is 12.4. The number of piperazine rings is 1. The summed E-state index contributed by atoms with van der Waals surface area (Å²) in [4.78, 5) is 25.1. The van der Waals surface area contributed by atoms with Gasteiger partial charge in [0.25, 0.3) is 0 Å². The summed E-state index contributed by atoms with van der Waals surface area (Å²) in [5.74, 6) is 1.27. The lowest BCUT2D eigenvalue weighted by molar-refractivity contribution is -0.120. The molecule has 1 aliphatic rings.